The van der Waals surface area contributed by atoms with Gasteiger partial charge >= 0.3 is 0 Å². The molecule has 0 bridgehead atoms. The molecule has 2 heterocycles. The first kappa shape index (κ1) is 18.6. The lowest BCUT2D eigenvalue weighted by molar-refractivity contribution is -0.123. The zero-order chi connectivity index (χ0) is 19.5. The number of carbonyl (C=O) groups is 2. The number of benzene rings is 2. The molecule has 0 saturated carbocycles. The number of hydrogen-bond acceptors (Lipinski definition) is 5. The molecular formula is C21H14FNO3S2. The minimum absolute atomic E-state index is 0.0953. The summed E-state index contributed by atoms with van der Waals surface area (Å²) in [7, 11) is 0. The van der Waals surface area contributed by atoms with Crippen LogP contribution in [0, 0.1) is 5.82 Å². The van der Waals surface area contributed by atoms with Crippen molar-refractivity contribution in [3.63, 3.8) is 0 Å². The number of rotatable bonds is 5. The molecule has 2 amide bonds. The van der Waals surface area contributed by atoms with E-state index in [-0.39, 0.29) is 11.4 Å². The molecule has 1 saturated heterocycles. The second-order valence-electron chi connectivity index (χ2n) is 5.93. The van der Waals surface area contributed by atoms with Gasteiger partial charge in [-0.2, -0.15) is 0 Å². The van der Waals surface area contributed by atoms with Crippen molar-refractivity contribution >= 4 is 40.7 Å². The molecule has 1 aromatic heterocycles. The van der Waals surface area contributed by atoms with Gasteiger partial charge in [-0.15, -0.1) is 0 Å². The fourth-order valence-electron chi connectivity index (χ4n) is 2.63. The molecule has 0 aliphatic carbocycles. The van der Waals surface area contributed by atoms with Gasteiger partial charge in [-0.05, 0) is 42.1 Å². The van der Waals surface area contributed by atoms with Gasteiger partial charge in [0.25, 0.3) is 11.1 Å². The highest BCUT2D eigenvalue weighted by molar-refractivity contribution is 8.18. The molecule has 1 fully saturated rings. The number of amides is 2. The Morgan fingerprint density at radius 2 is 1.75 bits per heavy atom. The summed E-state index contributed by atoms with van der Waals surface area (Å²) in [4.78, 5) is 27.1. The quantitative estimate of drug-likeness (QED) is 0.496. The molecule has 4 nitrogen and oxygen atoms in total. The van der Waals surface area contributed by atoms with E-state index in [4.69, 9.17) is 4.42 Å². The summed E-state index contributed by atoms with van der Waals surface area (Å²) in [5.41, 5.74) is 0.297. The first-order valence-corrected chi connectivity index (χ1v) is 10.0. The van der Waals surface area contributed by atoms with Crippen LogP contribution in [0.5, 0.6) is 0 Å². The molecule has 28 heavy (non-hydrogen) atoms. The number of nitrogens with zero attached hydrogens (tertiary/aromatic N) is 1. The molecule has 140 valence electrons. The molecule has 1 aliphatic heterocycles. The van der Waals surface area contributed by atoms with E-state index < -0.39 is 17.0 Å². The SMILES string of the molecule is O=C1S/C(=C\c2ccc(Sc3ccccc3)o2)C(=O)N1Cc1ccccc1F. The molecule has 0 atom stereocenters. The van der Waals surface area contributed by atoms with Crippen LogP contribution in [-0.4, -0.2) is 16.0 Å². The van der Waals surface area contributed by atoms with Crippen LogP contribution < -0.4 is 0 Å². The van der Waals surface area contributed by atoms with Gasteiger partial charge in [0.05, 0.1) is 11.4 Å². The standard InChI is InChI=1S/C21H14FNO3S2/c22-17-9-5-4-6-14(17)13-23-20(24)18(28-21(23)25)12-15-10-11-19(26-15)27-16-7-2-1-3-8-16/h1-12H,13H2/b18-12-. The summed E-state index contributed by atoms with van der Waals surface area (Å²) in [5.74, 6) is -0.416. The Morgan fingerprint density at radius 3 is 2.54 bits per heavy atom. The third kappa shape index (κ3) is 4.05. The van der Waals surface area contributed by atoms with Gasteiger partial charge in [0, 0.05) is 16.5 Å². The number of carbonyl (C=O) groups excluding carboxylic acids is 2. The van der Waals surface area contributed by atoms with Gasteiger partial charge in [0.15, 0.2) is 5.09 Å². The van der Waals surface area contributed by atoms with Crippen molar-refractivity contribution in [2.45, 2.75) is 16.5 Å². The molecule has 0 spiro atoms. The van der Waals surface area contributed by atoms with Gasteiger partial charge in [-0.1, -0.05) is 48.2 Å². The van der Waals surface area contributed by atoms with Crippen molar-refractivity contribution in [1.82, 2.24) is 4.90 Å². The Bertz CT molecular complexity index is 1060. The summed E-state index contributed by atoms with van der Waals surface area (Å²) >= 11 is 2.29. The molecular weight excluding hydrogens is 397 g/mol. The molecule has 0 unspecified atom stereocenters. The van der Waals surface area contributed by atoms with Crippen molar-refractivity contribution in [3.05, 3.63) is 88.8 Å². The average Bonchev–Trinajstić information content (AvgIpc) is 3.23. The van der Waals surface area contributed by atoms with E-state index in [1.165, 1.54) is 17.8 Å². The zero-order valence-corrected chi connectivity index (χ0v) is 16.1. The van der Waals surface area contributed by atoms with Crippen molar-refractivity contribution in [1.29, 1.82) is 0 Å². The number of imide groups is 1. The van der Waals surface area contributed by atoms with Crippen LogP contribution in [0.25, 0.3) is 6.08 Å². The van der Waals surface area contributed by atoms with E-state index in [0.717, 1.165) is 21.6 Å². The molecule has 0 N–H and O–H groups in total. The Morgan fingerprint density at radius 1 is 1.00 bits per heavy atom. The van der Waals surface area contributed by atoms with E-state index in [1.807, 2.05) is 36.4 Å². The predicted octanol–water partition coefficient (Wildman–Crippen LogP) is 5.81. The maximum absolute atomic E-state index is 13.8. The molecule has 1 aliphatic rings. The van der Waals surface area contributed by atoms with Crippen molar-refractivity contribution in [2.75, 3.05) is 0 Å². The van der Waals surface area contributed by atoms with E-state index in [1.54, 1.807) is 30.3 Å². The highest BCUT2D eigenvalue weighted by atomic mass is 32.2. The number of thioether (sulfide) groups is 1. The average molecular weight is 411 g/mol. The monoisotopic (exact) mass is 411 g/mol. The highest BCUT2D eigenvalue weighted by Gasteiger charge is 2.35. The summed E-state index contributed by atoms with van der Waals surface area (Å²) in [5, 5.41) is 0.257. The predicted molar refractivity (Wildman–Crippen MR) is 107 cm³/mol. The first-order valence-electron chi connectivity index (χ1n) is 8.42. The second kappa shape index (κ2) is 8.08. The van der Waals surface area contributed by atoms with Crippen LogP contribution in [0.3, 0.4) is 0 Å². The summed E-state index contributed by atoms with van der Waals surface area (Å²) in [6.07, 6.45) is 1.54. The van der Waals surface area contributed by atoms with Crippen LogP contribution in [0.15, 0.2) is 86.0 Å². The maximum Gasteiger partial charge on any atom is 0.293 e. The fourth-order valence-corrected chi connectivity index (χ4v) is 4.25. The number of furan rings is 1. The Kier molecular flexibility index (Phi) is 5.36. The van der Waals surface area contributed by atoms with Crippen LogP contribution in [0.2, 0.25) is 0 Å². The lowest BCUT2D eigenvalue weighted by atomic mass is 10.2. The Hall–Kier alpha value is -2.77. The fraction of sp³-hybridized carbons (Fsp3) is 0.0476. The summed E-state index contributed by atoms with van der Waals surface area (Å²) in [6, 6.07) is 19.4. The second-order valence-corrected chi connectivity index (χ2v) is 8.00. The number of hydrogen-bond donors (Lipinski definition) is 0. The van der Waals surface area contributed by atoms with Crippen LogP contribution >= 0.6 is 23.5 Å². The third-order valence-corrected chi connectivity index (χ3v) is 5.83. The largest absolute Gasteiger partial charge is 0.450 e. The Labute approximate surface area is 169 Å². The lowest BCUT2D eigenvalue weighted by Gasteiger charge is -2.12. The highest BCUT2D eigenvalue weighted by Crippen LogP contribution is 2.35. The molecule has 4 rings (SSSR count). The normalized spacial score (nSPS) is 15.6. The van der Waals surface area contributed by atoms with Crippen LogP contribution in [-0.2, 0) is 11.3 Å². The Balaban J connectivity index is 1.49. The van der Waals surface area contributed by atoms with E-state index >= 15 is 0 Å². The first-order chi connectivity index (χ1) is 13.6. The number of halogens is 1. The van der Waals surface area contributed by atoms with Crippen molar-refractivity contribution < 1.29 is 18.4 Å². The van der Waals surface area contributed by atoms with E-state index in [9.17, 15) is 14.0 Å². The van der Waals surface area contributed by atoms with Gasteiger partial charge in [-0.3, -0.25) is 14.5 Å². The lowest BCUT2D eigenvalue weighted by Crippen LogP contribution is -2.27. The summed E-state index contributed by atoms with van der Waals surface area (Å²) < 4.78 is 19.6. The van der Waals surface area contributed by atoms with Gasteiger partial charge < -0.3 is 4.42 Å². The van der Waals surface area contributed by atoms with E-state index in [2.05, 4.69) is 0 Å². The van der Waals surface area contributed by atoms with Crippen molar-refractivity contribution in [3.8, 4) is 0 Å². The molecule has 7 heteroatoms. The van der Waals surface area contributed by atoms with E-state index in [0.29, 0.717) is 16.4 Å². The minimum atomic E-state index is -0.452. The molecule has 0 radical (unpaired) electrons. The van der Waals surface area contributed by atoms with Crippen LogP contribution in [0.4, 0.5) is 9.18 Å². The van der Waals surface area contributed by atoms with Crippen molar-refractivity contribution in [2.24, 2.45) is 0 Å². The molecule has 2 aromatic carbocycles. The minimum Gasteiger partial charge on any atom is -0.450 e. The topological polar surface area (TPSA) is 50.5 Å². The van der Waals surface area contributed by atoms with Crippen LogP contribution in [0.1, 0.15) is 11.3 Å². The van der Waals surface area contributed by atoms with Gasteiger partial charge in [0.2, 0.25) is 0 Å². The van der Waals surface area contributed by atoms with Gasteiger partial charge in [-0.25, -0.2) is 4.39 Å². The maximum atomic E-state index is 13.8. The molecule has 3 aromatic rings. The zero-order valence-electron chi connectivity index (χ0n) is 14.5. The smallest absolute Gasteiger partial charge is 0.293 e. The van der Waals surface area contributed by atoms with Gasteiger partial charge in [0.1, 0.15) is 11.6 Å². The summed E-state index contributed by atoms with van der Waals surface area (Å²) in [6.45, 7) is -0.0953. The third-order valence-electron chi connectivity index (χ3n) is 4.00.